The van der Waals surface area contributed by atoms with Crippen molar-refractivity contribution >= 4 is 58.9 Å². The smallest absolute Gasteiger partial charge is 1.00 e. The minimum Gasteiger partial charge on any atom is -1.00 e. The third-order valence-corrected chi connectivity index (χ3v) is 20.4. The van der Waals surface area contributed by atoms with Crippen molar-refractivity contribution in [2.24, 2.45) is 0 Å². The van der Waals surface area contributed by atoms with Crippen LogP contribution in [-0.2, 0) is 44.8 Å². The summed E-state index contributed by atoms with van der Waals surface area (Å²) in [6.45, 7) is 0. The fraction of sp³-hybridized carbons (Fsp3) is 0.238. The molecule has 0 spiro atoms. The first-order valence-electron chi connectivity index (χ1n) is 17.0. The molecule has 5 heteroatoms. The fourth-order valence-corrected chi connectivity index (χ4v) is 19.9. The van der Waals surface area contributed by atoms with E-state index < -0.39 is 34.2 Å². The Morgan fingerprint density at radius 2 is 0.872 bits per heavy atom. The molecule has 0 saturated carbocycles. The van der Waals surface area contributed by atoms with Crippen LogP contribution in [0.1, 0.15) is 78.1 Å². The Balaban J connectivity index is 0.00000162. The maximum atomic E-state index is 2.68. The van der Waals surface area contributed by atoms with E-state index in [-0.39, 0.29) is 24.8 Å². The third-order valence-electron chi connectivity index (χ3n) is 11.0. The molecule has 4 aromatic carbocycles. The Hall–Kier alpha value is -2.27. The van der Waals surface area contributed by atoms with Crippen molar-refractivity contribution in [2.45, 2.75) is 59.8 Å². The summed E-state index contributed by atoms with van der Waals surface area (Å²) in [6.07, 6.45) is 15.9. The van der Waals surface area contributed by atoms with E-state index in [9.17, 15) is 0 Å². The maximum absolute atomic E-state index is 2.68. The number of fused-ring (bicyclic) bond motifs is 8. The van der Waals surface area contributed by atoms with Crippen LogP contribution in [0, 0.1) is 0 Å². The molecule has 0 N–H and O–H groups in total. The second-order valence-electron chi connectivity index (χ2n) is 13.4. The molecule has 2 heterocycles. The number of hydrogen-bond donors (Lipinski definition) is 0. The Morgan fingerprint density at radius 3 is 1.36 bits per heavy atom. The van der Waals surface area contributed by atoms with Crippen molar-refractivity contribution in [3.8, 4) is 0 Å². The topological polar surface area (TPSA) is 0 Å². The van der Waals surface area contributed by atoms with Gasteiger partial charge in [-0.3, -0.25) is 0 Å². The molecule has 0 aliphatic heterocycles. The predicted octanol–water partition coefficient (Wildman–Crippen LogP) is 6.62. The summed E-state index contributed by atoms with van der Waals surface area (Å²) in [5.74, 6) is 0. The first-order chi connectivity index (χ1) is 22.3. The maximum Gasteiger partial charge on any atom is -1.00 e. The molecule has 232 valence electrons. The molecule has 4 aliphatic carbocycles. The van der Waals surface area contributed by atoms with Gasteiger partial charge in [0.25, 0.3) is 0 Å². The van der Waals surface area contributed by atoms with Crippen LogP contribution < -0.4 is 24.8 Å². The molecule has 0 amide bonds. The van der Waals surface area contributed by atoms with E-state index >= 15 is 0 Å². The minimum atomic E-state index is -0.455. The second-order valence-corrected chi connectivity index (χ2v) is 20.1. The standard InChI is InChI=1S/2C21H18P.2ClH.Ti/c2*1-2-8-16-14-17(13-15(16)7-1)22-20-11-5-3-9-18(20)19-10-4-6-12-21(19)22;;;/h2*1-3,5,7-9,11,13-14H,4,6,10,12H2;2*1H;/q;;;;+2/p-2. The van der Waals surface area contributed by atoms with Crippen LogP contribution in [0.2, 0.25) is 0 Å². The second kappa shape index (κ2) is 12.9. The summed E-state index contributed by atoms with van der Waals surface area (Å²) in [4.78, 5) is 0. The van der Waals surface area contributed by atoms with Crippen molar-refractivity contribution in [1.29, 1.82) is 0 Å². The Morgan fingerprint density at radius 1 is 0.468 bits per heavy atom. The molecule has 4 unspecified atom stereocenters. The van der Waals surface area contributed by atoms with Crippen molar-refractivity contribution in [3.63, 3.8) is 0 Å². The largest absolute Gasteiger partial charge is 1.00 e. The van der Waals surface area contributed by atoms with Gasteiger partial charge in [0.1, 0.15) is 0 Å². The van der Waals surface area contributed by atoms with Crippen molar-refractivity contribution < 1.29 is 44.0 Å². The van der Waals surface area contributed by atoms with Crippen molar-refractivity contribution in [2.75, 3.05) is 0 Å². The summed E-state index contributed by atoms with van der Waals surface area (Å²) in [7, 11) is -0.847. The van der Waals surface area contributed by atoms with Crippen LogP contribution in [0.4, 0.5) is 0 Å². The molecule has 47 heavy (non-hydrogen) atoms. The molecular formula is C42H36Cl2P2Ti. The van der Waals surface area contributed by atoms with Gasteiger partial charge in [-0.25, -0.2) is 0 Å². The van der Waals surface area contributed by atoms with Crippen LogP contribution in [-0.4, -0.2) is 0 Å². The average molecular weight is 721 g/mol. The van der Waals surface area contributed by atoms with Crippen molar-refractivity contribution in [3.05, 3.63) is 141 Å². The average Bonchev–Trinajstić information content (AvgIpc) is 3.83. The van der Waals surface area contributed by atoms with Gasteiger partial charge in [0, 0.05) is 0 Å². The molecule has 0 nitrogen and oxygen atoms in total. The predicted molar refractivity (Wildman–Crippen MR) is 193 cm³/mol. The van der Waals surface area contributed by atoms with Crippen LogP contribution >= 0.6 is 15.1 Å². The first kappa shape index (κ1) is 32.0. The number of allylic oxidation sites excluding steroid dienone is 2. The molecule has 6 aromatic rings. The normalized spacial score (nSPS) is 19.8. The summed E-state index contributed by atoms with van der Waals surface area (Å²) >= 11 is -0.455. The zero-order valence-electron chi connectivity index (χ0n) is 26.4. The van der Waals surface area contributed by atoms with Gasteiger partial charge in [-0.15, -0.1) is 0 Å². The number of aryl methyl sites for hydroxylation is 2. The summed E-state index contributed by atoms with van der Waals surface area (Å²) in [5, 5.41) is 13.7. The quantitative estimate of drug-likeness (QED) is 0.180. The molecule has 0 radical (unpaired) electrons. The van der Waals surface area contributed by atoms with E-state index in [4.69, 9.17) is 0 Å². The van der Waals surface area contributed by atoms with Gasteiger partial charge in [0.05, 0.1) is 0 Å². The third kappa shape index (κ3) is 4.98. The molecule has 0 bridgehead atoms. The van der Waals surface area contributed by atoms with E-state index in [2.05, 4.69) is 109 Å². The number of halogens is 2. The van der Waals surface area contributed by atoms with Gasteiger partial charge in [-0.05, 0) is 0 Å². The van der Waals surface area contributed by atoms with E-state index in [1.165, 1.54) is 62.5 Å². The van der Waals surface area contributed by atoms with Gasteiger partial charge in [-0.2, -0.15) is 0 Å². The first-order valence-corrected chi connectivity index (χ1v) is 21.4. The summed E-state index contributed by atoms with van der Waals surface area (Å²) in [5.41, 5.74) is 9.67. The van der Waals surface area contributed by atoms with E-state index in [1.807, 2.05) is 10.6 Å². The van der Waals surface area contributed by atoms with Crippen LogP contribution in [0.3, 0.4) is 0 Å². The Kier molecular flexibility index (Phi) is 8.76. The van der Waals surface area contributed by atoms with Gasteiger partial charge in [0.2, 0.25) is 0 Å². The fourth-order valence-electron chi connectivity index (χ4n) is 9.10. The minimum absolute atomic E-state index is 0. The van der Waals surface area contributed by atoms with E-state index in [0.29, 0.717) is 8.45 Å². The summed E-state index contributed by atoms with van der Waals surface area (Å²) < 4.78 is 1.17. The molecule has 2 aromatic heterocycles. The molecular weight excluding hydrogens is 685 g/mol. The van der Waals surface area contributed by atoms with Crippen LogP contribution in [0.15, 0.2) is 97.1 Å². The van der Waals surface area contributed by atoms with E-state index in [1.54, 1.807) is 53.9 Å². The Labute approximate surface area is 301 Å². The van der Waals surface area contributed by atoms with Gasteiger partial charge >= 0.3 is 279 Å². The Bertz CT molecular complexity index is 2080. The van der Waals surface area contributed by atoms with Gasteiger partial charge in [0.15, 0.2) is 0 Å². The monoisotopic (exact) mass is 720 g/mol. The van der Waals surface area contributed by atoms with Gasteiger partial charge < -0.3 is 24.8 Å². The zero-order chi connectivity index (χ0) is 29.5. The van der Waals surface area contributed by atoms with Crippen LogP contribution in [0.25, 0.3) is 43.8 Å². The van der Waals surface area contributed by atoms with Crippen molar-refractivity contribution in [1.82, 2.24) is 0 Å². The van der Waals surface area contributed by atoms with E-state index in [0.717, 1.165) is 0 Å². The molecule has 4 atom stereocenters. The number of hydrogen-bond acceptors (Lipinski definition) is 0. The summed E-state index contributed by atoms with van der Waals surface area (Å²) in [6, 6.07) is 38.0. The molecule has 0 saturated heterocycles. The molecule has 0 fully saturated rings. The number of benzene rings is 4. The molecule has 10 rings (SSSR count). The van der Waals surface area contributed by atoms with Crippen LogP contribution in [0.5, 0.6) is 0 Å². The number of rotatable bonds is 4. The SMILES string of the molecule is C1=C(p2c3c(c4ccccc42)CCCC3)[CH]([Ti+2][CH]2C(p3c4c(c5ccccc53)CCCC4)=Cc3ccccc32)c2ccccc21.[Cl-].[Cl-]. The van der Waals surface area contributed by atoms with Gasteiger partial charge in [-0.1, -0.05) is 0 Å². The molecule has 4 aliphatic rings. The zero-order valence-corrected chi connectivity index (χ0v) is 31.2.